The van der Waals surface area contributed by atoms with E-state index in [1.807, 2.05) is 0 Å². The average molecular weight is 263 g/mol. The molecule has 0 fully saturated rings. The van der Waals surface area contributed by atoms with Crippen molar-refractivity contribution in [2.24, 2.45) is 0 Å². The average Bonchev–Trinajstić information content (AvgIpc) is 2.82. The van der Waals surface area contributed by atoms with Gasteiger partial charge in [-0.1, -0.05) is 0 Å². The van der Waals surface area contributed by atoms with Crippen molar-refractivity contribution >= 4 is 10.0 Å². The molecule has 0 saturated heterocycles. The first-order valence-corrected chi connectivity index (χ1v) is 6.70. The number of H-pyrrole nitrogens is 1. The third-order valence-electron chi connectivity index (χ3n) is 1.95. The Morgan fingerprint density at radius 3 is 2.88 bits per heavy atom. The van der Waals surface area contributed by atoms with Gasteiger partial charge in [-0.05, 0) is 6.42 Å². The number of ether oxygens (including phenoxy) is 2. The maximum Gasteiger partial charge on any atom is 0.257 e. The van der Waals surface area contributed by atoms with Crippen molar-refractivity contribution in [3.63, 3.8) is 0 Å². The molecule has 1 heterocycles. The molecule has 0 spiro atoms. The van der Waals surface area contributed by atoms with E-state index in [1.54, 1.807) is 7.11 Å². The van der Waals surface area contributed by atoms with E-state index in [1.165, 1.54) is 12.5 Å². The predicted octanol–water partition coefficient (Wildman–Crippen LogP) is -0.259. The maximum absolute atomic E-state index is 11.6. The summed E-state index contributed by atoms with van der Waals surface area (Å²) >= 11 is 0. The number of nitrogens with one attached hydrogen (secondary N) is 2. The fourth-order valence-electron chi connectivity index (χ4n) is 1.09. The smallest absolute Gasteiger partial charge is 0.257 e. The first-order chi connectivity index (χ1) is 8.17. The molecule has 1 aromatic rings. The molecule has 1 aromatic heterocycles. The lowest BCUT2D eigenvalue weighted by Crippen LogP contribution is -2.26. The van der Waals surface area contributed by atoms with Crippen LogP contribution in [0.2, 0.25) is 0 Å². The van der Waals surface area contributed by atoms with Crippen molar-refractivity contribution in [2.45, 2.75) is 11.4 Å². The second-order valence-electron chi connectivity index (χ2n) is 3.27. The van der Waals surface area contributed by atoms with Gasteiger partial charge in [0.05, 0.1) is 25.7 Å². The number of nitrogens with zero attached hydrogens (tertiary/aromatic N) is 1. The highest BCUT2D eigenvalue weighted by Crippen LogP contribution is 2.01. The number of imidazole rings is 1. The van der Waals surface area contributed by atoms with Crippen LogP contribution in [0.4, 0.5) is 0 Å². The molecule has 1 rings (SSSR count). The highest BCUT2D eigenvalue weighted by molar-refractivity contribution is 7.89. The highest BCUT2D eigenvalue weighted by atomic mass is 32.2. The van der Waals surface area contributed by atoms with Crippen LogP contribution in [-0.4, -0.2) is 51.9 Å². The molecular formula is C9H17N3O4S. The summed E-state index contributed by atoms with van der Waals surface area (Å²) in [5.74, 6) is 0. The van der Waals surface area contributed by atoms with Gasteiger partial charge in [0.15, 0.2) is 5.03 Å². The Morgan fingerprint density at radius 2 is 2.24 bits per heavy atom. The fourth-order valence-corrected chi connectivity index (χ4v) is 2.07. The van der Waals surface area contributed by atoms with E-state index in [0.717, 1.165) is 0 Å². The Bertz CT molecular complexity index is 390. The first-order valence-electron chi connectivity index (χ1n) is 5.21. The Labute approximate surface area is 101 Å². The van der Waals surface area contributed by atoms with E-state index in [0.29, 0.717) is 32.8 Å². The molecule has 98 valence electrons. The molecule has 0 aromatic carbocycles. The van der Waals surface area contributed by atoms with Crippen LogP contribution in [0.5, 0.6) is 0 Å². The Hall–Kier alpha value is -0.960. The van der Waals surface area contributed by atoms with Crippen molar-refractivity contribution in [3.05, 3.63) is 12.5 Å². The van der Waals surface area contributed by atoms with E-state index in [4.69, 9.17) is 9.47 Å². The van der Waals surface area contributed by atoms with Gasteiger partial charge >= 0.3 is 0 Å². The molecule has 0 atom stereocenters. The summed E-state index contributed by atoms with van der Waals surface area (Å²) in [6.45, 7) is 1.88. The van der Waals surface area contributed by atoms with Crippen molar-refractivity contribution in [1.82, 2.24) is 14.7 Å². The predicted molar refractivity (Wildman–Crippen MR) is 61.1 cm³/mol. The van der Waals surface area contributed by atoms with Gasteiger partial charge in [0.25, 0.3) is 10.0 Å². The van der Waals surface area contributed by atoms with Crippen LogP contribution in [0.1, 0.15) is 6.42 Å². The van der Waals surface area contributed by atoms with E-state index in [2.05, 4.69) is 14.7 Å². The van der Waals surface area contributed by atoms with E-state index in [-0.39, 0.29) is 5.03 Å². The number of rotatable bonds is 9. The summed E-state index contributed by atoms with van der Waals surface area (Å²) in [6, 6.07) is 0. The van der Waals surface area contributed by atoms with Gasteiger partial charge in [0.1, 0.15) is 0 Å². The van der Waals surface area contributed by atoms with Crippen LogP contribution in [0.3, 0.4) is 0 Å². The van der Waals surface area contributed by atoms with Crippen molar-refractivity contribution in [3.8, 4) is 0 Å². The second-order valence-corrected chi connectivity index (χ2v) is 5.01. The lowest BCUT2D eigenvalue weighted by Gasteiger charge is -2.05. The zero-order valence-corrected chi connectivity index (χ0v) is 10.5. The topological polar surface area (TPSA) is 93.3 Å². The highest BCUT2D eigenvalue weighted by Gasteiger charge is 2.13. The van der Waals surface area contributed by atoms with Crippen LogP contribution in [-0.2, 0) is 19.5 Å². The van der Waals surface area contributed by atoms with Crippen LogP contribution >= 0.6 is 0 Å². The molecule has 0 aliphatic heterocycles. The van der Waals surface area contributed by atoms with Gasteiger partial charge in [0, 0.05) is 20.3 Å². The van der Waals surface area contributed by atoms with Gasteiger partial charge < -0.3 is 14.5 Å². The van der Waals surface area contributed by atoms with Crippen molar-refractivity contribution in [2.75, 3.05) is 33.5 Å². The van der Waals surface area contributed by atoms with Gasteiger partial charge in [0.2, 0.25) is 0 Å². The Morgan fingerprint density at radius 1 is 1.41 bits per heavy atom. The Balaban J connectivity index is 2.14. The summed E-state index contributed by atoms with van der Waals surface area (Å²) in [7, 11) is -1.86. The van der Waals surface area contributed by atoms with E-state index >= 15 is 0 Å². The normalized spacial score (nSPS) is 11.8. The summed E-state index contributed by atoms with van der Waals surface area (Å²) in [4.78, 5) is 6.19. The number of aromatic nitrogens is 2. The molecule has 8 heteroatoms. The third kappa shape index (κ3) is 5.26. The quantitative estimate of drug-likeness (QED) is 0.599. The number of hydrogen-bond donors (Lipinski definition) is 2. The molecule has 7 nitrogen and oxygen atoms in total. The molecular weight excluding hydrogens is 246 g/mol. The lowest BCUT2D eigenvalue weighted by molar-refractivity contribution is 0.0699. The molecule has 0 aliphatic rings. The summed E-state index contributed by atoms with van der Waals surface area (Å²) in [5.41, 5.74) is 0. The van der Waals surface area contributed by atoms with Crippen LogP contribution in [0.15, 0.2) is 17.6 Å². The van der Waals surface area contributed by atoms with E-state index < -0.39 is 10.0 Å². The van der Waals surface area contributed by atoms with Gasteiger partial charge in [-0.3, -0.25) is 0 Å². The molecule has 0 unspecified atom stereocenters. The minimum absolute atomic E-state index is 0.0674. The third-order valence-corrected chi connectivity index (χ3v) is 3.34. The van der Waals surface area contributed by atoms with Crippen molar-refractivity contribution < 1.29 is 17.9 Å². The number of hydrogen-bond acceptors (Lipinski definition) is 5. The molecule has 0 bridgehead atoms. The van der Waals surface area contributed by atoms with Gasteiger partial charge in [-0.25, -0.2) is 18.1 Å². The second kappa shape index (κ2) is 7.38. The lowest BCUT2D eigenvalue weighted by atomic mass is 10.5. The minimum atomic E-state index is -3.46. The molecule has 0 amide bonds. The first kappa shape index (κ1) is 14.1. The minimum Gasteiger partial charge on any atom is -0.382 e. The zero-order valence-electron chi connectivity index (χ0n) is 9.68. The summed E-state index contributed by atoms with van der Waals surface area (Å²) in [5, 5.41) is 0.0674. The van der Waals surface area contributed by atoms with Crippen LogP contribution < -0.4 is 4.72 Å². The standard InChI is InChI=1S/C9H17N3O4S/c1-15-5-6-16-4-2-3-12-17(13,14)9-7-10-8-11-9/h7-8,12H,2-6H2,1H3,(H,10,11). The maximum atomic E-state index is 11.6. The number of aromatic amines is 1. The fraction of sp³-hybridized carbons (Fsp3) is 0.667. The van der Waals surface area contributed by atoms with Gasteiger partial charge in [-0.15, -0.1) is 0 Å². The SMILES string of the molecule is COCCOCCCNS(=O)(=O)c1cnc[nH]1. The monoisotopic (exact) mass is 263 g/mol. The van der Waals surface area contributed by atoms with Gasteiger partial charge in [-0.2, -0.15) is 0 Å². The van der Waals surface area contributed by atoms with Crippen molar-refractivity contribution in [1.29, 1.82) is 0 Å². The molecule has 0 aliphatic carbocycles. The van der Waals surface area contributed by atoms with Crippen LogP contribution in [0.25, 0.3) is 0 Å². The number of methoxy groups -OCH3 is 1. The Kier molecular flexibility index (Phi) is 6.12. The molecule has 2 N–H and O–H groups in total. The summed E-state index contributed by atoms with van der Waals surface area (Å²) < 4.78 is 35.6. The molecule has 17 heavy (non-hydrogen) atoms. The summed E-state index contributed by atoms with van der Waals surface area (Å²) in [6.07, 6.45) is 3.19. The van der Waals surface area contributed by atoms with Crippen LogP contribution in [0, 0.1) is 0 Å². The molecule has 0 saturated carbocycles. The zero-order chi connectivity index (χ0) is 12.6. The molecule has 0 radical (unpaired) electrons. The largest absolute Gasteiger partial charge is 0.382 e. The van der Waals surface area contributed by atoms with E-state index in [9.17, 15) is 8.42 Å². The number of sulfonamides is 1.